The largest absolute Gasteiger partial charge is 0.354 e. The van der Waals surface area contributed by atoms with Gasteiger partial charge in [0, 0.05) is 19.5 Å². The summed E-state index contributed by atoms with van der Waals surface area (Å²) in [5.74, 6) is -0.719. The highest BCUT2D eigenvalue weighted by Crippen LogP contribution is 2.35. The van der Waals surface area contributed by atoms with Gasteiger partial charge in [0.05, 0.1) is 20.6 Å². The number of benzene rings is 4. The molecule has 0 heterocycles. The van der Waals surface area contributed by atoms with E-state index in [-0.39, 0.29) is 45.4 Å². The Morgan fingerprint density at radius 2 is 1.46 bits per heavy atom. The Bertz CT molecular complexity index is 1760. The van der Waals surface area contributed by atoms with Gasteiger partial charge in [0.25, 0.3) is 10.0 Å². The van der Waals surface area contributed by atoms with Gasteiger partial charge in [-0.15, -0.1) is 0 Å². The third-order valence-corrected chi connectivity index (χ3v) is 10.1. The van der Waals surface area contributed by atoms with Crippen LogP contribution in [0.25, 0.3) is 0 Å². The van der Waals surface area contributed by atoms with Crippen LogP contribution in [0.2, 0.25) is 10.0 Å². The first kappa shape index (κ1) is 35.0. The van der Waals surface area contributed by atoms with Crippen molar-refractivity contribution in [3.05, 3.63) is 129 Å². The minimum atomic E-state index is -4.30. The van der Waals surface area contributed by atoms with Crippen LogP contribution in [0.5, 0.6) is 0 Å². The van der Waals surface area contributed by atoms with Gasteiger partial charge in [-0.25, -0.2) is 8.42 Å². The van der Waals surface area contributed by atoms with Gasteiger partial charge in [0.2, 0.25) is 11.8 Å². The van der Waals surface area contributed by atoms with Crippen LogP contribution in [0.1, 0.15) is 36.1 Å². The van der Waals surface area contributed by atoms with E-state index >= 15 is 0 Å². The van der Waals surface area contributed by atoms with Crippen LogP contribution in [0.4, 0.5) is 5.69 Å². The zero-order valence-electron chi connectivity index (χ0n) is 26.4. The van der Waals surface area contributed by atoms with Crippen molar-refractivity contribution in [1.29, 1.82) is 0 Å². The number of hydrogen-bond donors (Lipinski definition) is 1. The molecule has 242 valence electrons. The van der Waals surface area contributed by atoms with Crippen molar-refractivity contribution < 1.29 is 18.0 Å². The van der Waals surface area contributed by atoms with Crippen molar-refractivity contribution in [3.8, 4) is 0 Å². The Hall–Kier alpha value is -3.85. The van der Waals surface area contributed by atoms with E-state index in [9.17, 15) is 18.0 Å². The zero-order valence-corrected chi connectivity index (χ0v) is 28.7. The lowest BCUT2D eigenvalue weighted by Gasteiger charge is -2.34. The average Bonchev–Trinajstić information content (AvgIpc) is 3.02. The molecule has 0 unspecified atom stereocenters. The topological polar surface area (TPSA) is 86.8 Å². The summed E-state index contributed by atoms with van der Waals surface area (Å²) in [6.45, 7) is 7.66. The number of carbonyl (C=O) groups is 2. The molecule has 0 radical (unpaired) electrons. The normalized spacial score (nSPS) is 12.1. The summed E-state index contributed by atoms with van der Waals surface area (Å²) in [6.07, 6.45) is 0.227. The van der Waals surface area contributed by atoms with Crippen molar-refractivity contribution in [2.75, 3.05) is 17.4 Å². The van der Waals surface area contributed by atoms with Crippen molar-refractivity contribution >= 4 is 50.7 Å². The van der Waals surface area contributed by atoms with Gasteiger partial charge in [-0.3, -0.25) is 13.9 Å². The number of amides is 2. The Labute approximate surface area is 282 Å². The third kappa shape index (κ3) is 8.90. The number of sulfonamides is 1. The highest BCUT2D eigenvalue weighted by Gasteiger charge is 2.35. The molecule has 0 saturated heterocycles. The number of anilines is 1. The molecule has 0 spiro atoms. The molecule has 0 saturated carbocycles. The van der Waals surface area contributed by atoms with E-state index in [2.05, 4.69) is 5.32 Å². The van der Waals surface area contributed by atoms with Crippen LogP contribution in [0, 0.1) is 19.8 Å². The molecule has 0 bridgehead atoms. The second-order valence-corrected chi connectivity index (χ2v) is 14.4. The Balaban J connectivity index is 1.83. The molecule has 2 amide bonds. The van der Waals surface area contributed by atoms with Crippen LogP contribution < -0.4 is 9.62 Å². The standard InChI is InChI=1S/C36H39Cl2N3O4S/c1-25(2)22-39-36(43)33(21-28-11-6-5-7-12-28)40(23-29-13-8-10-27(4)20-29)34(42)24-41(32-15-9-14-31(37)35(32)38)46(44,45)30-18-16-26(3)17-19-30/h5-20,25,33H,21-24H2,1-4H3,(H,39,43)/t33-/m1/s1. The van der Waals surface area contributed by atoms with E-state index in [1.165, 1.54) is 23.1 Å². The summed E-state index contributed by atoms with van der Waals surface area (Å²) in [4.78, 5) is 29.9. The Kier molecular flexibility index (Phi) is 11.9. The van der Waals surface area contributed by atoms with Gasteiger partial charge in [-0.1, -0.05) is 121 Å². The molecule has 0 aliphatic rings. The first-order chi connectivity index (χ1) is 21.9. The number of hydrogen-bond acceptors (Lipinski definition) is 4. The molecule has 0 aliphatic heterocycles. The fraction of sp³-hybridized carbons (Fsp3) is 0.278. The summed E-state index contributed by atoms with van der Waals surface area (Å²) in [6, 6.07) is 27.1. The number of halogens is 2. The van der Waals surface area contributed by atoms with Crippen LogP contribution in [-0.4, -0.2) is 44.3 Å². The van der Waals surface area contributed by atoms with Crippen LogP contribution >= 0.6 is 23.2 Å². The molecular weight excluding hydrogens is 641 g/mol. The SMILES string of the molecule is Cc1ccc(S(=O)(=O)N(CC(=O)N(Cc2cccc(C)c2)[C@H](Cc2ccccc2)C(=O)NCC(C)C)c2cccc(Cl)c2Cl)cc1. The van der Waals surface area contributed by atoms with Crippen molar-refractivity contribution in [1.82, 2.24) is 10.2 Å². The smallest absolute Gasteiger partial charge is 0.264 e. The van der Waals surface area contributed by atoms with E-state index in [1.807, 2.05) is 82.3 Å². The molecule has 1 atom stereocenters. The molecular formula is C36H39Cl2N3O4S. The first-order valence-corrected chi connectivity index (χ1v) is 17.3. The van der Waals surface area contributed by atoms with Crippen LogP contribution in [0.15, 0.2) is 102 Å². The van der Waals surface area contributed by atoms with Crippen molar-refractivity contribution in [2.24, 2.45) is 5.92 Å². The maximum Gasteiger partial charge on any atom is 0.264 e. The van der Waals surface area contributed by atoms with Gasteiger partial charge in [0.1, 0.15) is 12.6 Å². The fourth-order valence-electron chi connectivity index (χ4n) is 5.02. The van der Waals surface area contributed by atoms with Crippen molar-refractivity contribution in [3.63, 3.8) is 0 Å². The Morgan fingerprint density at radius 3 is 2.11 bits per heavy atom. The number of rotatable bonds is 13. The lowest BCUT2D eigenvalue weighted by atomic mass is 10.0. The number of carbonyl (C=O) groups excluding carboxylic acids is 2. The summed E-state index contributed by atoms with van der Waals surface area (Å²) in [5, 5.41) is 3.13. The molecule has 1 N–H and O–H groups in total. The number of aryl methyl sites for hydroxylation is 2. The second kappa shape index (κ2) is 15.6. The second-order valence-electron chi connectivity index (χ2n) is 11.8. The molecule has 46 heavy (non-hydrogen) atoms. The molecule has 4 aromatic rings. The number of nitrogens with zero attached hydrogens (tertiary/aromatic N) is 2. The lowest BCUT2D eigenvalue weighted by molar-refractivity contribution is -0.140. The summed E-state index contributed by atoms with van der Waals surface area (Å²) in [5.41, 5.74) is 3.58. The Morgan fingerprint density at radius 1 is 0.804 bits per heavy atom. The van der Waals surface area contributed by atoms with E-state index in [0.717, 1.165) is 26.6 Å². The third-order valence-electron chi connectivity index (χ3n) is 7.48. The van der Waals surface area contributed by atoms with Gasteiger partial charge in [-0.05, 0) is 55.2 Å². The quantitative estimate of drug-likeness (QED) is 0.162. The van der Waals surface area contributed by atoms with Gasteiger partial charge < -0.3 is 10.2 Å². The van der Waals surface area contributed by atoms with E-state index < -0.39 is 28.5 Å². The monoisotopic (exact) mass is 679 g/mol. The predicted octanol–water partition coefficient (Wildman–Crippen LogP) is 7.22. The van der Waals surface area contributed by atoms with Gasteiger partial charge in [-0.2, -0.15) is 0 Å². The predicted molar refractivity (Wildman–Crippen MR) is 186 cm³/mol. The molecule has 0 aliphatic carbocycles. The van der Waals surface area contributed by atoms with E-state index in [4.69, 9.17) is 23.2 Å². The zero-order chi connectivity index (χ0) is 33.4. The maximum absolute atomic E-state index is 14.6. The molecule has 0 aromatic heterocycles. The average molecular weight is 681 g/mol. The van der Waals surface area contributed by atoms with Gasteiger partial charge in [0.15, 0.2) is 0 Å². The summed E-state index contributed by atoms with van der Waals surface area (Å²) in [7, 11) is -4.30. The lowest BCUT2D eigenvalue weighted by Crippen LogP contribution is -2.53. The molecule has 4 aromatic carbocycles. The highest BCUT2D eigenvalue weighted by molar-refractivity contribution is 7.92. The first-order valence-electron chi connectivity index (χ1n) is 15.1. The molecule has 7 nitrogen and oxygen atoms in total. The van der Waals surface area contributed by atoms with Crippen LogP contribution in [-0.2, 0) is 32.6 Å². The molecule has 4 rings (SSSR count). The summed E-state index contributed by atoms with van der Waals surface area (Å²) >= 11 is 12.9. The minimum Gasteiger partial charge on any atom is -0.354 e. The molecule has 10 heteroatoms. The van der Waals surface area contributed by atoms with Gasteiger partial charge >= 0.3 is 0 Å². The number of nitrogens with one attached hydrogen (secondary N) is 1. The fourth-order valence-corrected chi connectivity index (χ4v) is 6.89. The minimum absolute atomic E-state index is 0.00611. The van der Waals surface area contributed by atoms with Crippen LogP contribution in [0.3, 0.4) is 0 Å². The summed E-state index contributed by atoms with van der Waals surface area (Å²) < 4.78 is 29.4. The van der Waals surface area contributed by atoms with E-state index in [1.54, 1.807) is 24.3 Å². The molecule has 0 fully saturated rings. The maximum atomic E-state index is 14.6. The van der Waals surface area contributed by atoms with Crippen molar-refractivity contribution in [2.45, 2.75) is 51.6 Å². The van der Waals surface area contributed by atoms with E-state index in [0.29, 0.717) is 6.54 Å². The highest BCUT2D eigenvalue weighted by atomic mass is 35.5.